The number of aryl methyl sites for hydroxylation is 1. The Labute approximate surface area is 147 Å². The van der Waals surface area contributed by atoms with E-state index in [2.05, 4.69) is 33.1 Å². The van der Waals surface area contributed by atoms with E-state index in [1.807, 2.05) is 18.5 Å². The lowest BCUT2D eigenvalue weighted by atomic mass is 10.1. The quantitative estimate of drug-likeness (QED) is 0.830. The van der Waals surface area contributed by atoms with Crippen molar-refractivity contribution in [3.05, 3.63) is 46.8 Å². The number of rotatable bonds is 5. The van der Waals surface area contributed by atoms with Crippen LogP contribution in [0.4, 0.5) is 4.39 Å². The molecule has 0 amide bonds. The second-order valence-electron chi connectivity index (χ2n) is 6.73. The Bertz CT molecular complexity index is 793. The fourth-order valence-electron chi connectivity index (χ4n) is 3.26. The van der Waals surface area contributed by atoms with E-state index in [0.29, 0.717) is 23.7 Å². The summed E-state index contributed by atoms with van der Waals surface area (Å²) in [5, 5.41) is 17.3. The molecule has 0 N–H and O–H groups in total. The molecule has 1 saturated heterocycles. The normalized spacial score (nSPS) is 18.0. The fourth-order valence-corrected chi connectivity index (χ4v) is 3.26. The van der Waals surface area contributed by atoms with Gasteiger partial charge in [-0.25, -0.2) is 4.39 Å². The number of likely N-dealkylation sites (N-methyl/N-ethyl adjacent to an activating group) is 1. The van der Waals surface area contributed by atoms with Gasteiger partial charge in [-0.1, -0.05) is 0 Å². The average Bonchev–Trinajstić information content (AvgIpc) is 3.19. The Morgan fingerprint density at radius 1 is 1.40 bits per heavy atom. The second kappa shape index (κ2) is 7.30. The first-order chi connectivity index (χ1) is 12.0. The van der Waals surface area contributed by atoms with Gasteiger partial charge in [0.15, 0.2) is 0 Å². The van der Waals surface area contributed by atoms with Gasteiger partial charge in [-0.05, 0) is 38.6 Å². The monoisotopic (exact) mass is 342 g/mol. The van der Waals surface area contributed by atoms with Gasteiger partial charge in [0, 0.05) is 38.3 Å². The van der Waals surface area contributed by atoms with Gasteiger partial charge in [0.1, 0.15) is 17.5 Å². The Morgan fingerprint density at radius 2 is 2.20 bits per heavy atom. The molecule has 0 spiro atoms. The molecule has 25 heavy (non-hydrogen) atoms. The summed E-state index contributed by atoms with van der Waals surface area (Å²) < 4.78 is 16.0. The highest BCUT2D eigenvalue weighted by atomic mass is 19.1. The van der Waals surface area contributed by atoms with E-state index in [0.717, 1.165) is 37.7 Å². The van der Waals surface area contributed by atoms with E-state index in [1.165, 1.54) is 12.1 Å². The molecule has 0 aliphatic carbocycles. The second-order valence-corrected chi connectivity index (χ2v) is 6.73. The minimum Gasteiger partial charge on any atom is -0.317 e. The highest BCUT2D eigenvalue weighted by Gasteiger charge is 2.27. The maximum absolute atomic E-state index is 14.0. The minimum absolute atomic E-state index is 0.245. The van der Waals surface area contributed by atoms with Gasteiger partial charge in [-0.15, -0.1) is 10.2 Å². The van der Waals surface area contributed by atoms with E-state index in [1.54, 1.807) is 6.07 Å². The molecule has 6 nitrogen and oxygen atoms in total. The van der Waals surface area contributed by atoms with Crippen LogP contribution in [0.25, 0.3) is 0 Å². The Hall–Kier alpha value is -2.30. The lowest BCUT2D eigenvalue weighted by molar-refractivity contribution is 0.216. The van der Waals surface area contributed by atoms with Gasteiger partial charge < -0.3 is 4.57 Å². The summed E-state index contributed by atoms with van der Waals surface area (Å²) in [7, 11) is 4.07. The number of nitrogens with zero attached hydrogens (tertiary/aromatic N) is 6. The minimum atomic E-state index is -0.245. The van der Waals surface area contributed by atoms with Crippen LogP contribution < -0.4 is 0 Å². The summed E-state index contributed by atoms with van der Waals surface area (Å²) in [5.74, 6) is 1.61. The third-order valence-electron chi connectivity index (χ3n) is 5.01. The van der Waals surface area contributed by atoms with Gasteiger partial charge in [0.25, 0.3) is 0 Å². The van der Waals surface area contributed by atoms with E-state index < -0.39 is 0 Å². The Kier molecular flexibility index (Phi) is 5.11. The smallest absolute Gasteiger partial charge is 0.146 e. The number of likely N-dealkylation sites (tertiary alicyclic amines) is 1. The van der Waals surface area contributed by atoms with Crippen LogP contribution in [0.2, 0.25) is 0 Å². The van der Waals surface area contributed by atoms with Crippen molar-refractivity contribution >= 4 is 0 Å². The van der Waals surface area contributed by atoms with Crippen LogP contribution in [-0.2, 0) is 20.1 Å². The molecule has 1 fully saturated rings. The van der Waals surface area contributed by atoms with E-state index >= 15 is 0 Å². The van der Waals surface area contributed by atoms with Crippen LogP contribution in [0, 0.1) is 24.1 Å². The number of hydrogen-bond acceptors (Lipinski definition) is 5. The molecule has 2 heterocycles. The molecule has 3 rings (SSSR count). The van der Waals surface area contributed by atoms with Crippen LogP contribution >= 0.6 is 0 Å². The van der Waals surface area contributed by atoms with Gasteiger partial charge in [0.2, 0.25) is 0 Å². The van der Waals surface area contributed by atoms with Gasteiger partial charge in [0.05, 0.1) is 18.2 Å². The highest BCUT2D eigenvalue weighted by molar-refractivity contribution is 5.33. The van der Waals surface area contributed by atoms with Gasteiger partial charge in [-0.3, -0.25) is 9.80 Å². The number of hydrogen-bond donors (Lipinski definition) is 0. The molecule has 1 aliphatic rings. The number of benzene rings is 1. The Morgan fingerprint density at radius 3 is 2.88 bits per heavy atom. The van der Waals surface area contributed by atoms with Crippen molar-refractivity contribution in [2.75, 3.05) is 20.1 Å². The topological polar surface area (TPSA) is 61.0 Å². The zero-order chi connectivity index (χ0) is 18.0. The van der Waals surface area contributed by atoms with Gasteiger partial charge >= 0.3 is 0 Å². The van der Waals surface area contributed by atoms with Crippen molar-refractivity contribution in [1.82, 2.24) is 24.6 Å². The molecular formula is C18H23FN6. The molecule has 1 aliphatic heterocycles. The van der Waals surface area contributed by atoms with Crippen molar-refractivity contribution in [2.24, 2.45) is 7.05 Å². The van der Waals surface area contributed by atoms with E-state index in [9.17, 15) is 4.39 Å². The molecule has 0 radical (unpaired) electrons. The molecule has 1 aromatic carbocycles. The molecule has 0 unspecified atom stereocenters. The first-order valence-corrected chi connectivity index (χ1v) is 8.44. The zero-order valence-electron chi connectivity index (χ0n) is 14.9. The van der Waals surface area contributed by atoms with Gasteiger partial charge in [-0.2, -0.15) is 5.26 Å². The maximum atomic E-state index is 14.0. The lowest BCUT2D eigenvalue weighted by Crippen LogP contribution is -2.34. The molecule has 7 heteroatoms. The van der Waals surface area contributed by atoms with Crippen LogP contribution in [0.15, 0.2) is 18.2 Å². The number of nitriles is 1. The summed E-state index contributed by atoms with van der Waals surface area (Å²) in [4.78, 5) is 4.52. The molecule has 0 bridgehead atoms. The van der Waals surface area contributed by atoms with E-state index in [-0.39, 0.29) is 5.82 Å². The van der Waals surface area contributed by atoms with Crippen molar-refractivity contribution in [3.63, 3.8) is 0 Å². The predicted molar refractivity (Wildman–Crippen MR) is 92.0 cm³/mol. The van der Waals surface area contributed by atoms with Crippen LogP contribution in [0.5, 0.6) is 0 Å². The molecule has 1 atom stereocenters. The largest absolute Gasteiger partial charge is 0.317 e. The molecule has 2 aromatic rings. The first-order valence-electron chi connectivity index (χ1n) is 8.44. The van der Waals surface area contributed by atoms with Crippen molar-refractivity contribution in [3.8, 4) is 6.07 Å². The summed E-state index contributed by atoms with van der Waals surface area (Å²) in [6.07, 6.45) is 1.03. The van der Waals surface area contributed by atoms with E-state index in [4.69, 9.17) is 5.26 Å². The third-order valence-corrected chi connectivity index (χ3v) is 5.01. The van der Waals surface area contributed by atoms with Crippen LogP contribution in [0.1, 0.15) is 29.2 Å². The third kappa shape index (κ3) is 3.86. The number of halogens is 1. The average molecular weight is 342 g/mol. The van der Waals surface area contributed by atoms with Crippen molar-refractivity contribution < 1.29 is 4.39 Å². The standard InChI is InChI=1S/C18H23FN6/c1-13-21-22-18(24(13)3)12-23(2)16-6-7-25(11-16)10-15-8-14(9-20)4-5-17(15)19/h4-5,8,16H,6-7,10-12H2,1-3H3/t16-/m0/s1. The summed E-state index contributed by atoms with van der Waals surface area (Å²) >= 11 is 0. The SMILES string of the molecule is Cc1nnc(CN(C)[C@H]2CCN(Cc3cc(C#N)ccc3F)C2)n1C. The van der Waals surface area contributed by atoms with Crippen molar-refractivity contribution in [2.45, 2.75) is 32.5 Å². The molecule has 0 saturated carbocycles. The molecular weight excluding hydrogens is 319 g/mol. The lowest BCUT2D eigenvalue weighted by Gasteiger charge is -2.24. The predicted octanol–water partition coefficient (Wildman–Crippen LogP) is 1.84. The first kappa shape index (κ1) is 17.5. The summed E-state index contributed by atoms with van der Waals surface area (Å²) in [5.41, 5.74) is 1.09. The van der Waals surface area contributed by atoms with Crippen molar-refractivity contribution in [1.29, 1.82) is 5.26 Å². The summed E-state index contributed by atoms with van der Waals surface area (Å²) in [6.45, 7) is 5.02. The van der Waals surface area contributed by atoms with Crippen LogP contribution in [0.3, 0.4) is 0 Å². The Balaban J connectivity index is 1.60. The fraction of sp³-hybridized carbons (Fsp3) is 0.500. The molecule has 132 valence electrons. The maximum Gasteiger partial charge on any atom is 0.146 e. The molecule has 1 aromatic heterocycles. The zero-order valence-corrected chi connectivity index (χ0v) is 14.9. The summed E-state index contributed by atoms with van der Waals surface area (Å²) in [6, 6.07) is 7.02. The van der Waals surface area contributed by atoms with Crippen LogP contribution in [-0.4, -0.2) is 50.7 Å². The number of aromatic nitrogens is 3. The highest BCUT2D eigenvalue weighted by Crippen LogP contribution is 2.20.